The topological polar surface area (TPSA) is 102 Å². The van der Waals surface area contributed by atoms with Gasteiger partial charge in [0, 0.05) is 18.4 Å². The van der Waals surface area contributed by atoms with Gasteiger partial charge in [-0.2, -0.15) is 0 Å². The van der Waals surface area contributed by atoms with Crippen LogP contribution in [0, 0.1) is 0 Å². The van der Waals surface area contributed by atoms with E-state index in [9.17, 15) is 5.11 Å². The number of aromatic nitrogens is 4. The highest BCUT2D eigenvalue weighted by molar-refractivity contribution is 5.82. The number of imidazole rings is 1. The van der Waals surface area contributed by atoms with Crippen LogP contribution in [0.25, 0.3) is 11.2 Å². The monoisotopic (exact) mass is 390 g/mol. The van der Waals surface area contributed by atoms with Gasteiger partial charge in [-0.05, 0) is 60.4 Å². The summed E-state index contributed by atoms with van der Waals surface area (Å²) in [5, 5.41) is 13.9. The molecule has 0 aromatic carbocycles. The van der Waals surface area contributed by atoms with E-state index in [1.54, 1.807) is 13.8 Å². The number of anilines is 1. The fraction of sp³-hybridized carbons (Fsp3) is 0.762. The molecular weight excluding hydrogens is 352 g/mol. The maximum Gasteiger partial charge on any atom is 0.166 e. The van der Waals surface area contributed by atoms with Crippen molar-refractivity contribution in [3.63, 3.8) is 0 Å². The zero-order valence-corrected chi connectivity index (χ0v) is 18.5. The zero-order chi connectivity index (χ0) is 20.9. The van der Waals surface area contributed by atoms with Gasteiger partial charge >= 0.3 is 0 Å². The molecule has 0 amide bonds. The maximum absolute atomic E-state index is 10.4. The molecule has 158 valence electrons. The fourth-order valence-corrected chi connectivity index (χ4v) is 3.18. The van der Waals surface area contributed by atoms with Gasteiger partial charge < -0.3 is 20.7 Å². The second kappa shape index (κ2) is 9.18. The minimum Gasteiger partial charge on any atom is -0.389 e. The third kappa shape index (κ3) is 6.71. The standard InChI is InChI=1S/C21H38N6O/c1-7-8-12-16-26-17-18(22)24-15(11-9-10-13-23-20(2,3)4)25-19(17)27(16)14-21(5,6)28/h23,28H,7-14H2,1-6H3,(H2,22,24,25). The van der Waals surface area contributed by atoms with Crippen LogP contribution in [0.4, 0.5) is 5.82 Å². The lowest BCUT2D eigenvalue weighted by molar-refractivity contribution is 0.0616. The number of nitrogens with two attached hydrogens (primary N) is 1. The van der Waals surface area contributed by atoms with Crippen LogP contribution in [-0.4, -0.2) is 42.3 Å². The summed E-state index contributed by atoms with van der Waals surface area (Å²) in [6, 6.07) is 0. The highest BCUT2D eigenvalue weighted by Crippen LogP contribution is 2.23. The summed E-state index contributed by atoms with van der Waals surface area (Å²) in [7, 11) is 0. The first-order chi connectivity index (χ1) is 13.0. The molecule has 2 rings (SSSR count). The zero-order valence-electron chi connectivity index (χ0n) is 18.5. The van der Waals surface area contributed by atoms with Crippen molar-refractivity contribution in [2.45, 2.75) is 97.8 Å². The van der Waals surface area contributed by atoms with Crippen LogP contribution in [0.1, 0.15) is 78.9 Å². The number of rotatable bonds is 10. The molecule has 7 nitrogen and oxygen atoms in total. The molecule has 2 aromatic rings. The molecule has 0 aliphatic rings. The Bertz CT molecular complexity index is 770. The molecule has 4 N–H and O–H groups in total. The van der Waals surface area contributed by atoms with E-state index in [0.29, 0.717) is 17.9 Å². The highest BCUT2D eigenvalue weighted by Gasteiger charge is 2.22. The second-order valence-corrected chi connectivity index (χ2v) is 9.36. The number of hydrogen-bond donors (Lipinski definition) is 3. The minimum absolute atomic E-state index is 0.137. The molecule has 7 heteroatoms. The van der Waals surface area contributed by atoms with Crippen molar-refractivity contribution in [2.24, 2.45) is 0 Å². The molecule has 0 radical (unpaired) electrons. The van der Waals surface area contributed by atoms with Crippen molar-refractivity contribution >= 4 is 17.0 Å². The molecule has 0 bridgehead atoms. The highest BCUT2D eigenvalue weighted by atomic mass is 16.3. The van der Waals surface area contributed by atoms with Gasteiger partial charge in [0.15, 0.2) is 17.0 Å². The molecule has 28 heavy (non-hydrogen) atoms. The van der Waals surface area contributed by atoms with E-state index >= 15 is 0 Å². The summed E-state index contributed by atoms with van der Waals surface area (Å²) in [6.45, 7) is 13.7. The predicted molar refractivity (Wildman–Crippen MR) is 115 cm³/mol. The van der Waals surface area contributed by atoms with Gasteiger partial charge in [-0.1, -0.05) is 13.3 Å². The minimum atomic E-state index is -0.854. The smallest absolute Gasteiger partial charge is 0.166 e. The summed E-state index contributed by atoms with van der Waals surface area (Å²) >= 11 is 0. The van der Waals surface area contributed by atoms with E-state index in [1.807, 2.05) is 4.57 Å². The van der Waals surface area contributed by atoms with Gasteiger partial charge in [-0.25, -0.2) is 15.0 Å². The Morgan fingerprint density at radius 2 is 1.71 bits per heavy atom. The number of unbranched alkanes of at least 4 members (excludes halogenated alkanes) is 2. The lowest BCUT2D eigenvalue weighted by Gasteiger charge is -2.20. The molecule has 0 saturated carbocycles. The quantitative estimate of drug-likeness (QED) is 0.538. The van der Waals surface area contributed by atoms with E-state index in [-0.39, 0.29) is 5.54 Å². The number of nitrogens with zero attached hydrogens (tertiary/aromatic N) is 4. The largest absolute Gasteiger partial charge is 0.389 e. The van der Waals surface area contributed by atoms with E-state index in [0.717, 1.165) is 62.4 Å². The fourth-order valence-electron chi connectivity index (χ4n) is 3.18. The van der Waals surface area contributed by atoms with Crippen molar-refractivity contribution in [3.05, 3.63) is 11.6 Å². The Kier molecular flexibility index (Phi) is 7.39. The Morgan fingerprint density at radius 3 is 2.32 bits per heavy atom. The average Bonchev–Trinajstić information content (AvgIpc) is 2.88. The first-order valence-electron chi connectivity index (χ1n) is 10.5. The second-order valence-electron chi connectivity index (χ2n) is 9.36. The number of aliphatic hydroxyl groups is 1. The maximum atomic E-state index is 10.4. The number of nitrogen functional groups attached to an aromatic ring is 1. The molecular formula is C21H38N6O. The Balaban J connectivity index is 2.21. The van der Waals surface area contributed by atoms with Crippen LogP contribution >= 0.6 is 0 Å². The van der Waals surface area contributed by atoms with Crippen LogP contribution in [0.5, 0.6) is 0 Å². The van der Waals surface area contributed by atoms with Crippen LogP contribution in [0.2, 0.25) is 0 Å². The molecule has 2 heterocycles. The lowest BCUT2D eigenvalue weighted by Crippen LogP contribution is -2.36. The number of hydrogen-bond acceptors (Lipinski definition) is 6. The molecule has 0 atom stereocenters. The molecule has 0 saturated heterocycles. The Morgan fingerprint density at radius 1 is 1.00 bits per heavy atom. The van der Waals surface area contributed by atoms with Gasteiger partial charge in [0.25, 0.3) is 0 Å². The van der Waals surface area contributed by atoms with Gasteiger partial charge in [0.2, 0.25) is 0 Å². The van der Waals surface area contributed by atoms with Crippen molar-refractivity contribution in [3.8, 4) is 0 Å². The molecule has 0 spiro atoms. The summed E-state index contributed by atoms with van der Waals surface area (Å²) < 4.78 is 2.02. The Hall–Kier alpha value is -1.73. The number of fused-ring (bicyclic) bond motifs is 1. The van der Waals surface area contributed by atoms with E-state index in [2.05, 4.69) is 38.0 Å². The van der Waals surface area contributed by atoms with Crippen molar-refractivity contribution in [1.29, 1.82) is 0 Å². The normalized spacial score (nSPS) is 12.8. The summed E-state index contributed by atoms with van der Waals surface area (Å²) in [5.74, 6) is 2.10. The first kappa shape index (κ1) is 22.6. The van der Waals surface area contributed by atoms with Gasteiger partial charge in [0.1, 0.15) is 11.6 Å². The predicted octanol–water partition coefficient (Wildman–Crippen LogP) is 3.23. The van der Waals surface area contributed by atoms with Gasteiger partial charge in [-0.3, -0.25) is 0 Å². The molecule has 0 unspecified atom stereocenters. The van der Waals surface area contributed by atoms with Crippen LogP contribution in [-0.2, 0) is 19.4 Å². The summed E-state index contributed by atoms with van der Waals surface area (Å²) in [6.07, 6.45) is 5.80. The van der Waals surface area contributed by atoms with Gasteiger partial charge in [-0.15, -0.1) is 0 Å². The van der Waals surface area contributed by atoms with Crippen LogP contribution < -0.4 is 11.1 Å². The molecule has 2 aromatic heterocycles. The van der Waals surface area contributed by atoms with E-state index in [1.165, 1.54) is 0 Å². The van der Waals surface area contributed by atoms with Crippen molar-refractivity contribution in [1.82, 2.24) is 24.8 Å². The van der Waals surface area contributed by atoms with Gasteiger partial charge in [0.05, 0.1) is 12.1 Å². The number of aryl methyl sites for hydroxylation is 2. The third-order valence-electron chi connectivity index (χ3n) is 4.53. The van der Waals surface area contributed by atoms with Crippen molar-refractivity contribution < 1.29 is 5.11 Å². The summed E-state index contributed by atoms with van der Waals surface area (Å²) in [4.78, 5) is 14.0. The average molecular weight is 391 g/mol. The Labute approximate surface area is 169 Å². The molecule has 0 aliphatic carbocycles. The van der Waals surface area contributed by atoms with E-state index < -0.39 is 5.60 Å². The third-order valence-corrected chi connectivity index (χ3v) is 4.53. The first-order valence-corrected chi connectivity index (χ1v) is 10.5. The van der Waals surface area contributed by atoms with E-state index in [4.69, 9.17) is 15.7 Å². The summed E-state index contributed by atoms with van der Waals surface area (Å²) in [5.41, 5.74) is 6.89. The van der Waals surface area contributed by atoms with Crippen LogP contribution in [0.3, 0.4) is 0 Å². The lowest BCUT2D eigenvalue weighted by atomic mass is 10.1. The molecule has 0 fully saturated rings. The molecule has 0 aliphatic heterocycles. The van der Waals surface area contributed by atoms with Crippen molar-refractivity contribution in [2.75, 3.05) is 12.3 Å². The number of nitrogens with one attached hydrogen (secondary N) is 1. The van der Waals surface area contributed by atoms with Crippen LogP contribution in [0.15, 0.2) is 0 Å². The SMILES string of the molecule is CCCCc1nc2c(N)nc(CCCCNC(C)(C)C)nc2n1CC(C)(C)O.